The van der Waals surface area contributed by atoms with Crippen LogP contribution in [0.25, 0.3) is 0 Å². The number of carbonyl (C=O) groups is 1. The molecule has 2 aliphatic rings. The number of hydrogen-bond acceptors (Lipinski definition) is 2. The summed E-state index contributed by atoms with van der Waals surface area (Å²) in [5.41, 5.74) is 0. The van der Waals surface area contributed by atoms with E-state index in [-0.39, 0.29) is 24.5 Å². The molecule has 1 amide bonds. The molecule has 2 N–H and O–H groups in total. The van der Waals surface area contributed by atoms with Gasteiger partial charge in [-0.05, 0) is 12.8 Å². The van der Waals surface area contributed by atoms with E-state index in [1.807, 2.05) is 0 Å². The molecule has 2 bridgehead atoms. The standard InChI is InChI=1S/C7H12N2O2.ClH/c10-7(11)9-5-1-2-6(9)4-8-3-5;/h5-6,8H,1-4H2,(H,10,11);1H/t5-,6+;. The fraction of sp³-hybridized carbons (Fsp3) is 0.857. The lowest BCUT2D eigenvalue weighted by Gasteiger charge is -2.32. The van der Waals surface area contributed by atoms with E-state index in [0.717, 1.165) is 25.9 Å². The van der Waals surface area contributed by atoms with E-state index in [2.05, 4.69) is 5.32 Å². The number of hydrogen-bond donors (Lipinski definition) is 2. The van der Waals surface area contributed by atoms with E-state index >= 15 is 0 Å². The van der Waals surface area contributed by atoms with E-state index in [4.69, 9.17) is 5.11 Å². The summed E-state index contributed by atoms with van der Waals surface area (Å²) < 4.78 is 0. The Labute approximate surface area is 77.3 Å². The average molecular weight is 193 g/mol. The van der Waals surface area contributed by atoms with Gasteiger partial charge in [0.2, 0.25) is 0 Å². The van der Waals surface area contributed by atoms with Crippen LogP contribution in [0, 0.1) is 0 Å². The molecule has 2 aliphatic heterocycles. The molecule has 0 aromatic heterocycles. The van der Waals surface area contributed by atoms with Gasteiger partial charge in [-0.2, -0.15) is 0 Å². The van der Waals surface area contributed by atoms with Crippen molar-refractivity contribution in [2.45, 2.75) is 24.9 Å². The van der Waals surface area contributed by atoms with E-state index in [0.29, 0.717) is 0 Å². The van der Waals surface area contributed by atoms with Crippen molar-refractivity contribution in [1.29, 1.82) is 0 Å². The van der Waals surface area contributed by atoms with Crippen molar-refractivity contribution in [2.24, 2.45) is 0 Å². The van der Waals surface area contributed by atoms with Crippen LogP contribution in [0.3, 0.4) is 0 Å². The molecule has 2 heterocycles. The second kappa shape index (κ2) is 3.49. The Bertz CT molecular complexity index is 172. The van der Waals surface area contributed by atoms with Gasteiger partial charge in [0.15, 0.2) is 0 Å². The highest BCUT2D eigenvalue weighted by Gasteiger charge is 2.39. The zero-order valence-corrected chi connectivity index (χ0v) is 7.51. The fourth-order valence-electron chi connectivity index (χ4n) is 2.09. The molecule has 0 radical (unpaired) electrons. The van der Waals surface area contributed by atoms with Crippen molar-refractivity contribution in [2.75, 3.05) is 13.1 Å². The van der Waals surface area contributed by atoms with E-state index in [1.54, 1.807) is 4.90 Å². The highest BCUT2D eigenvalue weighted by atomic mass is 35.5. The van der Waals surface area contributed by atoms with Crippen LogP contribution in [0.4, 0.5) is 4.79 Å². The predicted octanol–water partition coefficient (Wildman–Crippen LogP) is 0.522. The van der Waals surface area contributed by atoms with Crippen LogP contribution in [-0.4, -0.2) is 41.3 Å². The number of nitrogens with one attached hydrogen (secondary N) is 1. The molecule has 0 saturated carbocycles. The number of rotatable bonds is 0. The molecule has 12 heavy (non-hydrogen) atoms. The smallest absolute Gasteiger partial charge is 0.407 e. The van der Waals surface area contributed by atoms with E-state index in [1.165, 1.54) is 0 Å². The number of nitrogens with zero attached hydrogens (tertiary/aromatic N) is 1. The van der Waals surface area contributed by atoms with Gasteiger partial charge in [0, 0.05) is 25.2 Å². The van der Waals surface area contributed by atoms with Crippen LogP contribution in [0.5, 0.6) is 0 Å². The maximum absolute atomic E-state index is 10.7. The third-order valence-electron chi connectivity index (χ3n) is 2.60. The lowest BCUT2D eigenvalue weighted by atomic mass is 10.2. The number of fused-ring (bicyclic) bond motifs is 2. The molecule has 2 rings (SSSR count). The summed E-state index contributed by atoms with van der Waals surface area (Å²) in [6.45, 7) is 1.67. The lowest BCUT2D eigenvalue weighted by Crippen LogP contribution is -2.53. The minimum absolute atomic E-state index is 0. The zero-order valence-electron chi connectivity index (χ0n) is 6.69. The second-order valence-corrected chi connectivity index (χ2v) is 3.23. The molecule has 4 nitrogen and oxygen atoms in total. The van der Waals surface area contributed by atoms with Crippen LogP contribution in [0.2, 0.25) is 0 Å². The number of amides is 1. The van der Waals surface area contributed by atoms with Gasteiger partial charge >= 0.3 is 6.09 Å². The summed E-state index contributed by atoms with van der Waals surface area (Å²) in [6.07, 6.45) is 1.31. The predicted molar refractivity (Wildman–Crippen MR) is 46.8 cm³/mol. The molecule has 0 unspecified atom stereocenters. The molecule has 2 saturated heterocycles. The minimum atomic E-state index is -0.751. The Hall–Kier alpha value is -0.480. The maximum Gasteiger partial charge on any atom is 0.407 e. The van der Waals surface area contributed by atoms with Crippen LogP contribution in [0.1, 0.15) is 12.8 Å². The molecule has 0 aliphatic carbocycles. The molecule has 0 aromatic rings. The van der Waals surface area contributed by atoms with Crippen LogP contribution < -0.4 is 5.32 Å². The van der Waals surface area contributed by atoms with Gasteiger partial charge < -0.3 is 10.4 Å². The molecular weight excluding hydrogens is 180 g/mol. The molecule has 0 aromatic carbocycles. The summed E-state index contributed by atoms with van der Waals surface area (Å²) in [5, 5.41) is 12.0. The first kappa shape index (κ1) is 9.61. The lowest BCUT2D eigenvalue weighted by molar-refractivity contribution is 0.109. The Morgan fingerprint density at radius 1 is 1.33 bits per heavy atom. The third-order valence-corrected chi connectivity index (χ3v) is 2.60. The number of carboxylic acid groups (broad SMARTS) is 1. The van der Waals surface area contributed by atoms with Crippen molar-refractivity contribution >= 4 is 18.5 Å². The topological polar surface area (TPSA) is 52.6 Å². The molecular formula is C7H13ClN2O2. The van der Waals surface area contributed by atoms with Gasteiger partial charge in [-0.3, -0.25) is 4.90 Å². The number of halogens is 1. The Morgan fingerprint density at radius 2 is 1.83 bits per heavy atom. The zero-order chi connectivity index (χ0) is 7.84. The van der Waals surface area contributed by atoms with Gasteiger partial charge in [-0.1, -0.05) is 0 Å². The maximum atomic E-state index is 10.7. The molecule has 70 valence electrons. The van der Waals surface area contributed by atoms with Gasteiger partial charge in [-0.25, -0.2) is 4.79 Å². The summed E-state index contributed by atoms with van der Waals surface area (Å²) in [4.78, 5) is 12.3. The van der Waals surface area contributed by atoms with Crippen LogP contribution in [0.15, 0.2) is 0 Å². The van der Waals surface area contributed by atoms with Crippen LogP contribution >= 0.6 is 12.4 Å². The Morgan fingerprint density at radius 3 is 2.17 bits per heavy atom. The minimum Gasteiger partial charge on any atom is -0.465 e. The largest absolute Gasteiger partial charge is 0.465 e. The summed E-state index contributed by atoms with van der Waals surface area (Å²) in [6, 6.07) is 0.484. The average Bonchev–Trinajstić information content (AvgIpc) is 2.23. The van der Waals surface area contributed by atoms with Crippen molar-refractivity contribution in [3.63, 3.8) is 0 Å². The normalized spacial score (nSPS) is 32.8. The van der Waals surface area contributed by atoms with Crippen LogP contribution in [-0.2, 0) is 0 Å². The SMILES string of the molecule is Cl.O=C(O)N1[C@@H]2CC[C@H]1CNC2. The molecule has 2 atom stereocenters. The fourth-order valence-corrected chi connectivity index (χ4v) is 2.09. The quantitative estimate of drug-likeness (QED) is 0.589. The first-order chi connectivity index (χ1) is 5.29. The van der Waals surface area contributed by atoms with Crippen molar-refractivity contribution in [1.82, 2.24) is 10.2 Å². The Kier molecular flexibility index (Phi) is 2.80. The third kappa shape index (κ3) is 1.36. The van der Waals surface area contributed by atoms with E-state index < -0.39 is 6.09 Å². The second-order valence-electron chi connectivity index (χ2n) is 3.23. The van der Waals surface area contributed by atoms with Gasteiger partial charge in [0.1, 0.15) is 0 Å². The van der Waals surface area contributed by atoms with E-state index in [9.17, 15) is 4.79 Å². The molecule has 2 fully saturated rings. The highest BCUT2D eigenvalue weighted by molar-refractivity contribution is 5.85. The van der Waals surface area contributed by atoms with Crippen molar-refractivity contribution in [3.8, 4) is 0 Å². The monoisotopic (exact) mass is 192 g/mol. The molecule has 5 heteroatoms. The first-order valence-electron chi connectivity index (χ1n) is 4.01. The first-order valence-corrected chi connectivity index (χ1v) is 4.01. The van der Waals surface area contributed by atoms with Crippen molar-refractivity contribution in [3.05, 3.63) is 0 Å². The molecule has 0 spiro atoms. The summed E-state index contributed by atoms with van der Waals surface area (Å²) in [7, 11) is 0. The van der Waals surface area contributed by atoms with Gasteiger partial charge in [0.25, 0.3) is 0 Å². The van der Waals surface area contributed by atoms with Gasteiger partial charge in [-0.15, -0.1) is 12.4 Å². The Balaban J connectivity index is 0.000000720. The number of piperazine rings is 1. The highest BCUT2D eigenvalue weighted by Crippen LogP contribution is 2.25. The van der Waals surface area contributed by atoms with Gasteiger partial charge in [0.05, 0.1) is 0 Å². The summed E-state index contributed by atoms with van der Waals surface area (Å²) >= 11 is 0. The summed E-state index contributed by atoms with van der Waals surface area (Å²) in [5.74, 6) is 0. The van der Waals surface area contributed by atoms with Crippen molar-refractivity contribution < 1.29 is 9.90 Å².